The van der Waals surface area contributed by atoms with Crippen molar-refractivity contribution in [2.45, 2.75) is 31.7 Å². The Balaban J connectivity index is 1.89. The Hall–Kier alpha value is -1.28. The van der Waals surface area contributed by atoms with Gasteiger partial charge in [0.1, 0.15) is 0 Å². The third-order valence-corrected chi connectivity index (χ3v) is 4.92. The van der Waals surface area contributed by atoms with Gasteiger partial charge >= 0.3 is 0 Å². The number of hydrogen-bond acceptors (Lipinski definition) is 1. The lowest BCUT2D eigenvalue weighted by Crippen LogP contribution is -2.31. The van der Waals surface area contributed by atoms with E-state index >= 15 is 0 Å². The van der Waals surface area contributed by atoms with Crippen LogP contribution in [0.4, 0.5) is 0 Å². The van der Waals surface area contributed by atoms with E-state index in [0.717, 1.165) is 6.04 Å². The molecule has 0 bridgehead atoms. The van der Waals surface area contributed by atoms with E-state index < -0.39 is 0 Å². The zero-order valence-corrected chi connectivity index (χ0v) is 11.0. The first-order valence-corrected chi connectivity index (χ1v) is 7.14. The van der Waals surface area contributed by atoms with Gasteiger partial charge < -0.3 is 4.57 Å². The SMILES string of the molecule is Cn1c2c(c3ccccc31)CCN1CCCC1C2. The molecule has 0 aliphatic carbocycles. The lowest BCUT2D eigenvalue weighted by atomic mass is 10.0. The summed E-state index contributed by atoms with van der Waals surface area (Å²) in [5.41, 5.74) is 4.61. The van der Waals surface area contributed by atoms with Crippen molar-refractivity contribution in [3.63, 3.8) is 0 Å². The maximum Gasteiger partial charge on any atom is 0.0482 e. The molecule has 0 radical (unpaired) electrons. The van der Waals surface area contributed by atoms with E-state index in [0.29, 0.717) is 0 Å². The van der Waals surface area contributed by atoms with Gasteiger partial charge in [0, 0.05) is 42.7 Å². The highest BCUT2D eigenvalue weighted by Gasteiger charge is 2.30. The van der Waals surface area contributed by atoms with Crippen LogP contribution in [0.2, 0.25) is 0 Å². The van der Waals surface area contributed by atoms with Gasteiger partial charge in [-0.3, -0.25) is 4.90 Å². The second kappa shape index (κ2) is 3.86. The van der Waals surface area contributed by atoms with E-state index in [-0.39, 0.29) is 0 Å². The van der Waals surface area contributed by atoms with Crippen LogP contribution in [-0.4, -0.2) is 28.6 Å². The highest BCUT2D eigenvalue weighted by Crippen LogP contribution is 2.32. The summed E-state index contributed by atoms with van der Waals surface area (Å²) in [5, 5.41) is 1.48. The summed E-state index contributed by atoms with van der Waals surface area (Å²) in [5.74, 6) is 0. The standard InChI is InChI=1S/C16H20N2/c1-17-15-7-3-2-6-13(15)14-8-10-18-9-4-5-12(18)11-16(14)17/h2-3,6-7,12H,4-5,8-11H2,1H3. The third-order valence-electron chi connectivity index (χ3n) is 4.92. The van der Waals surface area contributed by atoms with Gasteiger partial charge in [-0.15, -0.1) is 0 Å². The van der Waals surface area contributed by atoms with Crippen molar-refractivity contribution in [3.05, 3.63) is 35.5 Å². The van der Waals surface area contributed by atoms with E-state index in [9.17, 15) is 0 Å². The van der Waals surface area contributed by atoms with Crippen LogP contribution >= 0.6 is 0 Å². The predicted octanol–water partition coefficient (Wildman–Crippen LogP) is 2.74. The molecule has 4 rings (SSSR count). The van der Waals surface area contributed by atoms with Gasteiger partial charge in [0.2, 0.25) is 0 Å². The molecule has 0 amide bonds. The average Bonchev–Trinajstić information content (AvgIpc) is 2.89. The van der Waals surface area contributed by atoms with Crippen LogP contribution in [0.5, 0.6) is 0 Å². The summed E-state index contributed by atoms with van der Waals surface area (Å²) in [6, 6.07) is 9.69. The van der Waals surface area contributed by atoms with Crippen molar-refractivity contribution < 1.29 is 0 Å². The van der Waals surface area contributed by atoms with Crippen LogP contribution in [0.1, 0.15) is 24.1 Å². The van der Waals surface area contributed by atoms with Crippen molar-refractivity contribution in [1.29, 1.82) is 0 Å². The highest BCUT2D eigenvalue weighted by molar-refractivity contribution is 5.85. The molecule has 2 aromatic rings. The van der Waals surface area contributed by atoms with Gasteiger partial charge in [-0.05, 0) is 37.4 Å². The molecule has 0 saturated carbocycles. The Kier molecular flexibility index (Phi) is 2.28. The zero-order chi connectivity index (χ0) is 12.1. The second-order valence-corrected chi connectivity index (χ2v) is 5.79. The molecule has 2 aliphatic rings. The lowest BCUT2D eigenvalue weighted by molar-refractivity contribution is 0.262. The number of nitrogens with zero attached hydrogens (tertiary/aromatic N) is 2. The summed E-state index contributed by atoms with van der Waals surface area (Å²) in [6.07, 6.45) is 5.26. The fraction of sp³-hybridized carbons (Fsp3) is 0.500. The highest BCUT2D eigenvalue weighted by atomic mass is 15.2. The molecule has 1 fully saturated rings. The molecule has 2 aliphatic heterocycles. The molecule has 1 aromatic carbocycles. The molecule has 1 saturated heterocycles. The van der Waals surface area contributed by atoms with E-state index in [4.69, 9.17) is 0 Å². The van der Waals surface area contributed by atoms with Crippen LogP contribution in [0.15, 0.2) is 24.3 Å². The quantitative estimate of drug-likeness (QED) is 0.687. The van der Waals surface area contributed by atoms with E-state index in [2.05, 4.69) is 40.8 Å². The summed E-state index contributed by atoms with van der Waals surface area (Å²) in [7, 11) is 2.24. The second-order valence-electron chi connectivity index (χ2n) is 5.79. The molecule has 0 N–H and O–H groups in total. The first-order chi connectivity index (χ1) is 8.84. The molecule has 94 valence electrons. The van der Waals surface area contributed by atoms with Crippen molar-refractivity contribution >= 4 is 10.9 Å². The topological polar surface area (TPSA) is 8.17 Å². The molecule has 3 heterocycles. The lowest BCUT2D eigenvalue weighted by Gasteiger charge is -2.21. The minimum atomic E-state index is 0.800. The van der Waals surface area contributed by atoms with Crippen LogP contribution in [0.25, 0.3) is 10.9 Å². The summed E-state index contributed by atoms with van der Waals surface area (Å²) in [6.45, 7) is 2.57. The molecular weight excluding hydrogens is 220 g/mol. The van der Waals surface area contributed by atoms with Gasteiger partial charge in [0.25, 0.3) is 0 Å². The predicted molar refractivity (Wildman–Crippen MR) is 74.9 cm³/mol. The largest absolute Gasteiger partial charge is 0.347 e. The molecular formula is C16H20N2. The Morgan fingerprint density at radius 2 is 2.06 bits per heavy atom. The summed E-state index contributed by atoms with van der Waals surface area (Å²) < 4.78 is 2.44. The Bertz CT molecular complexity index is 596. The van der Waals surface area contributed by atoms with Crippen LogP contribution in [-0.2, 0) is 19.9 Å². The number of fused-ring (bicyclic) bond motifs is 4. The first-order valence-electron chi connectivity index (χ1n) is 7.14. The van der Waals surface area contributed by atoms with Crippen molar-refractivity contribution in [2.24, 2.45) is 7.05 Å². The van der Waals surface area contributed by atoms with E-state index in [1.54, 1.807) is 11.3 Å². The Morgan fingerprint density at radius 3 is 3.00 bits per heavy atom. The van der Waals surface area contributed by atoms with Gasteiger partial charge in [-0.2, -0.15) is 0 Å². The smallest absolute Gasteiger partial charge is 0.0482 e. The van der Waals surface area contributed by atoms with Crippen molar-refractivity contribution in [2.75, 3.05) is 13.1 Å². The number of aromatic nitrogens is 1. The van der Waals surface area contributed by atoms with Gasteiger partial charge in [0.05, 0.1) is 0 Å². The summed E-state index contributed by atoms with van der Waals surface area (Å²) in [4.78, 5) is 2.70. The van der Waals surface area contributed by atoms with Crippen LogP contribution < -0.4 is 0 Å². The molecule has 1 aromatic heterocycles. The van der Waals surface area contributed by atoms with Crippen LogP contribution in [0, 0.1) is 0 Å². The van der Waals surface area contributed by atoms with Gasteiger partial charge in [-0.1, -0.05) is 18.2 Å². The minimum Gasteiger partial charge on any atom is -0.347 e. The van der Waals surface area contributed by atoms with Gasteiger partial charge in [-0.25, -0.2) is 0 Å². The number of para-hydroxylation sites is 1. The number of benzene rings is 1. The molecule has 1 unspecified atom stereocenters. The zero-order valence-electron chi connectivity index (χ0n) is 11.0. The maximum atomic E-state index is 2.70. The fourth-order valence-corrected chi connectivity index (χ4v) is 3.96. The number of rotatable bonds is 0. The molecule has 0 spiro atoms. The van der Waals surface area contributed by atoms with E-state index in [1.807, 2.05) is 0 Å². The van der Waals surface area contributed by atoms with Crippen molar-refractivity contribution in [1.82, 2.24) is 9.47 Å². The Morgan fingerprint density at radius 1 is 1.17 bits per heavy atom. The van der Waals surface area contributed by atoms with Crippen molar-refractivity contribution in [3.8, 4) is 0 Å². The molecule has 2 nitrogen and oxygen atoms in total. The third kappa shape index (κ3) is 1.39. The fourth-order valence-electron chi connectivity index (χ4n) is 3.96. The number of hydrogen-bond donors (Lipinski definition) is 0. The van der Waals surface area contributed by atoms with E-state index in [1.165, 1.54) is 49.7 Å². The molecule has 18 heavy (non-hydrogen) atoms. The van der Waals surface area contributed by atoms with Gasteiger partial charge in [0.15, 0.2) is 0 Å². The number of aryl methyl sites for hydroxylation is 1. The Labute approximate surface area is 108 Å². The summed E-state index contributed by atoms with van der Waals surface area (Å²) >= 11 is 0. The average molecular weight is 240 g/mol. The normalized spacial score (nSPS) is 23.9. The first kappa shape index (κ1) is 10.6. The van der Waals surface area contributed by atoms with Crippen LogP contribution in [0.3, 0.4) is 0 Å². The monoisotopic (exact) mass is 240 g/mol. The molecule has 2 heteroatoms. The molecule has 1 atom stereocenters. The maximum absolute atomic E-state index is 2.70. The minimum absolute atomic E-state index is 0.800.